The lowest BCUT2D eigenvalue weighted by Crippen LogP contribution is -2.12. The molecule has 1 N–H and O–H groups in total. The van der Waals surface area contributed by atoms with Gasteiger partial charge in [0.05, 0.1) is 10.2 Å². The van der Waals surface area contributed by atoms with Crippen molar-refractivity contribution in [2.24, 2.45) is 0 Å². The van der Waals surface area contributed by atoms with Crippen LogP contribution in [0.2, 0.25) is 0 Å². The molecule has 1 amide bonds. The Morgan fingerprint density at radius 1 is 0.742 bits per heavy atom. The van der Waals surface area contributed by atoms with Gasteiger partial charge in [-0.05, 0) is 35.7 Å². The van der Waals surface area contributed by atoms with Gasteiger partial charge >= 0.3 is 0 Å². The fraction of sp³-hybridized carbons (Fsp3) is 0. The van der Waals surface area contributed by atoms with Crippen molar-refractivity contribution in [3.8, 4) is 10.6 Å². The molecule has 0 aliphatic carbocycles. The van der Waals surface area contributed by atoms with Gasteiger partial charge in [-0.25, -0.2) is 4.98 Å². The summed E-state index contributed by atoms with van der Waals surface area (Å²) >= 11 is 3.07. The van der Waals surface area contributed by atoms with Crippen molar-refractivity contribution in [3.05, 3.63) is 107 Å². The number of nitrogens with one attached hydrogen (secondary N) is 1. The number of fused-ring (bicyclic) bond motifs is 1. The van der Waals surface area contributed by atoms with Crippen LogP contribution in [0.25, 0.3) is 20.8 Å². The summed E-state index contributed by atoms with van der Waals surface area (Å²) < 4.78 is 1.11. The van der Waals surface area contributed by atoms with Gasteiger partial charge in [-0.15, -0.1) is 22.7 Å². The molecule has 0 saturated carbocycles. The van der Waals surface area contributed by atoms with E-state index in [9.17, 15) is 9.59 Å². The van der Waals surface area contributed by atoms with Crippen molar-refractivity contribution in [3.63, 3.8) is 0 Å². The highest BCUT2D eigenvalue weighted by Crippen LogP contribution is 2.37. The maximum atomic E-state index is 12.8. The Labute approximate surface area is 186 Å². The van der Waals surface area contributed by atoms with Crippen LogP contribution in [0.5, 0.6) is 0 Å². The monoisotopic (exact) mass is 440 g/mol. The van der Waals surface area contributed by atoms with E-state index in [0.717, 1.165) is 25.8 Å². The normalized spacial score (nSPS) is 10.8. The van der Waals surface area contributed by atoms with Gasteiger partial charge < -0.3 is 5.32 Å². The molecule has 0 unspecified atom stereocenters. The van der Waals surface area contributed by atoms with E-state index in [1.165, 1.54) is 11.3 Å². The first-order chi connectivity index (χ1) is 15.2. The second-order valence-corrected chi connectivity index (χ2v) is 8.82. The maximum absolute atomic E-state index is 12.8. The zero-order chi connectivity index (χ0) is 21.2. The number of aromatic nitrogens is 1. The second kappa shape index (κ2) is 8.26. The van der Waals surface area contributed by atoms with Crippen molar-refractivity contribution in [2.75, 3.05) is 5.32 Å². The van der Waals surface area contributed by atoms with Crippen molar-refractivity contribution < 1.29 is 9.59 Å². The molecule has 3 aromatic carbocycles. The fourth-order valence-corrected chi connectivity index (χ4v) is 5.11. The Morgan fingerprint density at radius 2 is 1.42 bits per heavy atom. The molecule has 6 heteroatoms. The summed E-state index contributed by atoms with van der Waals surface area (Å²) in [5.41, 5.74) is 3.53. The van der Waals surface area contributed by atoms with Gasteiger partial charge in [0.25, 0.3) is 5.91 Å². The maximum Gasteiger partial charge on any atom is 0.256 e. The highest BCUT2D eigenvalue weighted by molar-refractivity contribution is 7.22. The lowest BCUT2D eigenvalue weighted by molar-refractivity contribution is 0.102. The quantitative estimate of drug-likeness (QED) is 0.317. The van der Waals surface area contributed by atoms with E-state index in [1.807, 2.05) is 53.9 Å². The van der Waals surface area contributed by atoms with Crippen LogP contribution < -0.4 is 5.32 Å². The Kier molecular flexibility index (Phi) is 5.16. The molecule has 4 nitrogen and oxygen atoms in total. The molecule has 0 aliphatic rings. The lowest BCUT2D eigenvalue weighted by atomic mass is 10.0. The van der Waals surface area contributed by atoms with Gasteiger partial charge in [-0.3, -0.25) is 9.59 Å². The van der Waals surface area contributed by atoms with E-state index in [0.29, 0.717) is 16.7 Å². The predicted octanol–water partition coefficient (Wildman–Crippen LogP) is 6.51. The Hall–Kier alpha value is -3.61. The smallest absolute Gasteiger partial charge is 0.256 e. The Balaban J connectivity index is 1.35. The molecular weight excluding hydrogens is 424 g/mol. The molecule has 0 fully saturated rings. The van der Waals surface area contributed by atoms with Crippen molar-refractivity contribution in [1.82, 2.24) is 4.98 Å². The molecule has 0 atom stereocenters. The first kappa shape index (κ1) is 19.4. The minimum Gasteiger partial charge on any atom is -0.313 e. The molecule has 2 aromatic heterocycles. The van der Waals surface area contributed by atoms with Crippen molar-refractivity contribution >= 4 is 49.6 Å². The van der Waals surface area contributed by atoms with E-state index < -0.39 is 0 Å². The molecule has 31 heavy (non-hydrogen) atoms. The van der Waals surface area contributed by atoms with Gasteiger partial charge in [-0.2, -0.15) is 0 Å². The number of carbonyl (C=O) groups is 2. The number of rotatable bonds is 5. The van der Waals surface area contributed by atoms with Crippen molar-refractivity contribution in [2.45, 2.75) is 0 Å². The van der Waals surface area contributed by atoms with Crippen LogP contribution in [0.4, 0.5) is 5.00 Å². The van der Waals surface area contributed by atoms with Crippen LogP contribution in [-0.2, 0) is 0 Å². The van der Waals surface area contributed by atoms with E-state index in [2.05, 4.69) is 5.32 Å². The third-order valence-electron chi connectivity index (χ3n) is 4.86. The molecule has 5 aromatic rings. The van der Waals surface area contributed by atoms with Crippen LogP contribution in [0, 0.1) is 0 Å². The van der Waals surface area contributed by atoms with E-state index >= 15 is 0 Å². The lowest BCUT2D eigenvalue weighted by Gasteiger charge is -2.06. The molecule has 0 bridgehead atoms. The third-order valence-corrected chi connectivity index (χ3v) is 6.76. The van der Waals surface area contributed by atoms with E-state index in [4.69, 9.17) is 4.98 Å². The first-order valence-corrected chi connectivity index (χ1v) is 11.3. The Bertz CT molecular complexity index is 1350. The van der Waals surface area contributed by atoms with Gasteiger partial charge in [-0.1, -0.05) is 54.6 Å². The molecule has 0 aliphatic heterocycles. The number of para-hydroxylation sites is 1. The third kappa shape index (κ3) is 3.91. The summed E-state index contributed by atoms with van der Waals surface area (Å²) in [5, 5.41) is 6.57. The van der Waals surface area contributed by atoms with Crippen molar-refractivity contribution in [1.29, 1.82) is 0 Å². The minimum atomic E-state index is -0.219. The van der Waals surface area contributed by atoms with Crippen LogP contribution in [-0.4, -0.2) is 16.7 Å². The molecule has 0 saturated heterocycles. The largest absolute Gasteiger partial charge is 0.313 e. The summed E-state index contributed by atoms with van der Waals surface area (Å²) in [4.78, 5) is 30.1. The van der Waals surface area contributed by atoms with E-state index in [-0.39, 0.29) is 11.7 Å². The number of hydrogen-bond acceptors (Lipinski definition) is 5. The number of hydrogen-bond donors (Lipinski definition) is 1. The number of thiazole rings is 1. The van der Waals surface area contributed by atoms with Crippen LogP contribution in [0.3, 0.4) is 0 Å². The summed E-state index contributed by atoms with van der Waals surface area (Å²) in [6.45, 7) is 0. The minimum absolute atomic E-state index is 0.0658. The van der Waals surface area contributed by atoms with E-state index in [1.54, 1.807) is 47.7 Å². The molecule has 5 rings (SSSR count). The number of thiophene rings is 1. The molecule has 2 heterocycles. The summed E-state index contributed by atoms with van der Waals surface area (Å²) in [6.07, 6.45) is 0. The summed E-state index contributed by atoms with van der Waals surface area (Å²) in [7, 11) is 0. The second-order valence-electron chi connectivity index (χ2n) is 6.88. The van der Waals surface area contributed by atoms with Crippen LogP contribution in [0.1, 0.15) is 26.3 Å². The number of benzene rings is 3. The SMILES string of the molecule is O=C(Nc1sccc1-c1nc2ccccc2s1)c1ccc(C(=O)c2ccccc2)cc1. The first-order valence-electron chi connectivity index (χ1n) is 9.63. The van der Waals surface area contributed by atoms with Gasteiger partial charge in [0.15, 0.2) is 5.78 Å². The van der Waals surface area contributed by atoms with Crippen LogP contribution >= 0.6 is 22.7 Å². The number of amides is 1. The molecule has 0 radical (unpaired) electrons. The number of nitrogens with zero attached hydrogens (tertiary/aromatic N) is 1. The summed E-state index contributed by atoms with van der Waals surface area (Å²) in [5.74, 6) is -0.285. The average molecular weight is 441 g/mol. The van der Waals surface area contributed by atoms with Gasteiger partial charge in [0, 0.05) is 22.3 Å². The molecule has 0 spiro atoms. The average Bonchev–Trinajstić information content (AvgIpc) is 3.45. The Morgan fingerprint density at radius 3 is 2.19 bits per heavy atom. The number of carbonyl (C=O) groups excluding carboxylic acids is 2. The standard InChI is InChI=1S/C25H16N2O2S2/c28-22(16-6-2-1-3-7-16)17-10-12-18(13-11-17)23(29)27-24-19(14-15-30-24)25-26-20-8-4-5-9-21(20)31-25/h1-15H,(H,27,29). The molecule has 150 valence electrons. The van der Waals surface area contributed by atoms with Gasteiger partial charge in [0.1, 0.15) is 10.0 Å². The van der Waals surface area contributed by atoms with Crippen LogP contribution in [0.15, 0.2) is 90.3 Å². The fourth-order valence-electron chi connectivity index (χ4n) is 3.27. The summed E-state index contributed by atoms with van der Waals surface area (Å²) in [6, 6.07) is 25.8. The van der Waals surface area contributed by atoms with Gasteiger partial charge in [0.2, 0.25) is 0 Å². The molecular formula is C25H16N2O2S2. The number of ketones is 1. The number of anilines is 1. The predicted molar refractivity (Wildman–Crippen MR) is 127 cm³/mol. The highest BCUT2D eigenvalue weighted by Gasteiger charge is 2.16. The topological polar surface area (TPSA) is 59.1 Å². The zero-order valence-corrected chi connectivity index (χ0v) is 17.9. The highest BCUT2D eigenvalue weighted by atomic mass is 32.1. The zero-order valence-electron chi connectivity index (χ0n) is 16.2.